The Hall–Kier alpha value is -3.41. The number of hydrogen-bond donors (Lipinski definition) is 0. The van der Waals surface area contributed by atoms with Crippen molar-refractivity contribution in [3.63, 3.8) is 0 Å². The van der Waals surface area contributed by atoms with E-state index in [1.54, 1.807) is 0 Å². The van der Waals surface area contributed by atoms with Gasteiger partial charge in [-0.15, -0.1) is 0 Å². The lowest BCUT2D eigenvalue weighted by Crippen LogP contribution is -2.30. The zero-order valence-electron chi connectivity index (χ0n) is 40.4. The molecule has 1 atom stereocenters. The van der Waals surface area contributed by atoms with Crippen LogP contribution in [-0.4, -0.2) is 37.2 Å². The van der Waals surface area contributed by atoms with E-state index in [-0.39, 0.29) is 31.1 Å². The van der Waals surface area contributed by atoms with Gasteiger partial charge in [-0.2, -0.15) is 0 Å². The molecule has 0 spiro atoms. The standard InChI is InChI=1S/C56H94O6/c1-4-7-10-13-16-19-22-25-28-31-34-37-40-43-46-49-55(58)61-52-53(51-60-54(57)48-45-42-39-36-33-30-27-24-21-18-15-12-9-6-3)62-56(59)50-47-44-41-38-35-32-29-26-23-20-17-14-11-8-5-2/h7,10,15-20,24-29,53H,4-6,8-9,11-14,21-23,30-52H2,1-3H3/b10-7+,18-15+,19-16+,20-17+,27-24+,28-25+,29-26+/t53-/m1/s1. The number of esters is 3. The molecule has 6 nitrogen and oxygen atoms in total. The van der Waals surface area contributed by atoms with E-state index in [4.69, 9.17) is 14.2 Å². The Morgan fingerprint density at radius 3 is 1.03 bits per heavy atom. The fourth-order valence-electron chi connectivity index (χ4n) is 6.74. The van der Waals surface area contributed by atoms with Crippen LogP contribution in [0.3, 0.4) is 0 Å². The second-order valence-electron chi connectivity index (χ2n) is 16.7. The molecule has 0 aromatic rings. The summed E-state index contributed by atoms with van der Waals surface area (Å²) in [7, 11) is 0. The van der Waals surface area contributed by atoms with Gasteiger partial charge < -0.3 is 14.2 Å². The number of allylic oxidation sites excluding steroid dienone is 14. The topological polar surface area (TPSA) is 78.9 Å². The summed E-state index contributed by atoms with van der Waals surface area (Å²) in [6, 6.07) is 0. The van der Waals surface area contributed by atoms with Crippen molar-refractivity contribution in [1.29, 1.82) is 0 Å². The van der Waals surface area contributed by atoms with Gasteiger partial charge in [-0.1, -0.05) is 189 Å². The fraction of sp³-hybridized carbons (Fsp3) is 0.696. The van der Waals surface area contributed by atoms with Crippen LogP contribution in [0.1, 0.15) is 233 Å². The molecular weight excluding hydrogens is 769 g/mol. The van der Waals surface area contributed by atoms with Crippen LogP contribution in [0, 0.1) is 0 Å². The van der Waals surface area contributed by atoms with Gasteiger partial charge in [-0.3, -0.25) is 14.4 Å². The summed E-state index contributed by atoms with van der Waals surface area (Å²) in [6.07, 6.45) is 64.1. The largest absolute Gasteiger partial charge is 0.462 e. The Balaban J connectivity index is 4.47. The summed E-state index contributed by atoms with van der Waals surface area (Å²) in [6.45, 7) is 6.41. The quantitative estimate of drug-likeness (QED) is 0.0263. The maximum Gasteiger partial charge on any atom is 0.306 e. The van der Waals surface area contributed by atoms with Gasteiger partial charge in [0.15, 0.2) is 6.10 Å². The maximum absolute atomic E-state index is 12.8. The number of rotatable bonds is 45. The van der Waals surface area contributed by atoms with Gasteiger partial charge in [0, 0.05) is 19.3 Å². The normalized spacial score (nSPS) is 12.8. The molecule has 0 aliphatic rings. The third-order valence-electron chi connectivity index (χ3n) is 10.6. The van der Waals surface area contributed by atoms with Gasteiger partial charge in [0.05, 0.1) is 0 Å². The first-order valence-corrected chi connectivity index (χ1v) is 25.6. The first-order chi connectivity index (χ1) is 30.5. The zero-order valence-corrected chi connectivity index (χ0v) is 40.4. The van der Waals surface area contributed by atoms with Crippen LogP contribution >= 0.6 is 0 Å². The molecule has 0 saturated heterocycles. The highest BCUT2D eigenvalue weighted by Crippen LogP contribution is 2.13. The van der Waals surface area contributed by atoms with Gasteiger partial charge in [0.2, 0.25) is 0 Å². The predicted octanol–water partition coefficient (Wildman–Crippen LogP) is 16.8. The third-order valence-corrected chi connectivity index (χ3v) is 10.6. The summed E-state index contributed by atoms with van der Waals surface area (Å²) in [5.41, 5.74) is 0. The Kier molecular flexibility index (Phi) is 47.5. The molecular formula is C56H94O6. The first kappa shape index (κ1) is 58.6. The molecule has 0 heterocycles. The molecule has 0 aromatic heterocycles. The van der Waals surface area contributed by atoms with Crippen molar-refractivity contribution in [1.82, 2.24) is 0 Å². The van der Waals surface area contributed by atoms with Gasteiger partial charge in [-0.05, 0) is 109 Å². The molecule has 0 aliphatic carbocycles. The molecule has 0 unspecified atom stereocenters. The van der Waals surface area contributed by atoms with E-state index in [2.05, 4.69) is 106 Å². The van der Waals surface area contributed by atoms with Crippen LogP contribution < -0.4 is 0 Å². The lowest BCUT2D eigenvalue weighted by atomic mass is 10.1. The summed E-state index contributed by atoms with van der Waals surface area (Å²) < 4.78 is 16.8. The average molecular weight is 863 g/mol. The van der Waals surface area contributed by atoms with Gasteiger partial charge in [0.1, 0.15) is 13.2 Å². The highest BCUT2D eigenvalue weighted by Gasteiger charge is 2.19. The van der Waals surface area contributed by atoms with E-state index >= 15 is 0 Å². The van der Waals surface area contributed by atoms with Crippen molar-refractivity contribution >= 4 is 17.9 Å². The van der Waals surface area contributed by atoms with Crippen molar-refractivity contribution < 1.29 is 28.6 Å². The minimum Gasteiger partial charge on any atom is -0.462 e. The molecule has 0 radical (unpaired) electrons. The molecule has 0 aromatic carbocycles. The molecule has 0 aliphatic heterocycles. The van der Waals surface area contributed by atoms with Crippen molar-refractivity contribution in [2.45, 2.75) is 239 Å². The van der Waals surface area contributed by atoms with Crippen molar-refractivity contribution in [3.05, 3.63) is 85.1 Å². The number of unbranched alkanes of at least 4 members (excludes halogenated alkanes) is 20. The third kappa shape index (κ3) is 47.6. The molecule has 0 bridgehead atoms. The molecule has 0 amide bonds. The van der Waals surface area contributed by atoms with Crippen LogP contribution in [0.15, 0.2) is 85.1 Å². The Labute approximate surface area is 382 Å². The van der Waals surface area contributed by atoms with Crippen molar-refractivity contribution in [2.24, 2.45) is 0 Å². The van der Waals surface area contributed by atoms with E-state index in [9.17, 15) is 14.4 Å². The molecule has 6 heteroatoms. The summed E-state index contributed by atoms with van der Waals surface area (Å²) in [4.78, 5) is 38.0. The molecule has 62 heavy (non-hydrogen) atoms. The van der Waals surface area contributed by atoms with Crippen LogP contribution in [0.4, 0.5) is 0 Å². The fourth-order valence-corrected chi connectivity index (χ4v) is 6.74. The van der Waals surface area contributed by atoms with Gasteiger partial charge in [-0.25, -0.2) is 0 Å². The monoisotopic (exact) mass is 863 g/mol. The Morgan fingerprint density at radius 2 is 0.645 bits per heavy atom. The van der Waals surface area contributed by atoms with Crippen LogP contribution in [0.5, 0.6) is 0 Å². The Morgan fingerprint density at radius 1 is 0.339 bits per heavy atom. The number of carbonyl (C=O) groups excluding carboxylic acids is 3. The van der Waals surface area contributed by atoms with Gasteiger partial charge in [0.25, 0.3) is 0 Å². The second-order valence-corrected chi connectivity index (χ2v) is 16.7. The van der Waals surface area contributed by atoms with Crippen LogP contribution in [0.2, 0.25) is 0 Å². The highest BCUT2D eigenvalue weighted by molar-refractivity contribution is 5.71. The van der Waals surface area contributed by atoms with Crippen molar-refractivity contribution in [3.8, 4) is 0 Å². The van der Waals surface area contributed by atoms with Crippen LogP contribution in [0.25, 0.3) is 0 Å². The van der Waals surface area contributed by atoms with E-state index in [1.165, 1.54) is 44.9 Å². The molecule has 0 fully saturated rings. The number of ether oxygens (including phenoxy) is 3. The minimum atomic E-state index is -0.797. The maximum atomic E-state index is 12.8. The van der Waals surface area contributed by atoms with E-state index in [1.807, 2.05) is 0 Å². The Bertz CT molecular complexity index is 1220. The highest BCUT2D eigenvalue weighted by atomic mass is 16.6. The number of hydrogen-bond acceptors (Lipinski definition) is 6. The van der Waals surface area contributed by atoms with Crippen molar-refractivity contribution in [2.75, 3.05) is 13.2 Å². The lowest BCUT2D eigenvalue weighted by Gasteiger charge is -2.18. The molecule has 0 N–H and O–H groups in total. The molecule has 354 valence electrons. The first-order valence-electron chi connectivity index (χ1n) is 25.6. The summed E-state index contributed by atoms with van der Waals surface area (Å²) in [5, 5.41) is 0. The SMILES string of the molecule is CC/C=C/C/C=C/C/C=C/CCCCCCCC(=O)OC[C@@H](COC(=O)CCCCCCC/C=C/C/C=C/CCCC)OC(=O)CCCCCCC/C=C/C/C=C/CCCCC. The zero-order chi connectivity index (χ0) is 45.1. The van der Waals surface area contributed by atoms with Crippen LogP contribution in [-0.2, 0) is 28.6 Å². The minimum absolute atomic E-state index is 0.0960. The predicted molar refractivity (Wildman–Crippen MR) is 265 cm³/mol. The smallest absolute Gasteiger partial charge is 0.306 e. The van der Waals surface area contributed by atoms with Gasteiger partial charge >= 0.3 is 17.9 Å². The second kappa shape index (κ2) is 50.2. The lowest BCUT2D eigenvalue weighted by molar-refractivity contribution is -0.167. The summed E-state index contributed by atoms with van der Waals surface area (Å²) >= 11 is 0. The molecule has 0 rings (SSSR count). The molecule has 0 saturated carbocycles. The average Bonchev–Trinajstić information content (AvgIpc) is 3.27. The van der Waals surface area contributed by atoms with E-state index in [0.29, 0.717) is 19.3 Å². The summed E-state index contributed by atoms with van der Waals surface area (Å²) in [5.74, 6) is -0.942. The van der Waals surface area contributed by atoms with E-state index < -0.39 is 6.10 Å². The van der Waals surface area contributed by atoms with E-state index in [0.717, 1.165) is 148 Å². The number of carbonyl (C=O) groups is 3.